The zero-order valence-electron chi connectivity index (χ0n) is 18.9. The fourth-order valence-electron chi connectivity index (χ4n) is 4.57. The number of benzene rings is 1. The summed E-state index contributed by atoms with van der Waals surface area (Å²) in [5, 5.41) is 0. The molecule has 0 saturated heterocycles. The number of hydrogen-bond acceptors (Lipinski definition) is 1. The molecule has 2 nitrogen and oxygen atoms in total. The lowest BCUT2D eigenvalue weighted by molar-refractivity contribution is -0.705. The van der Waals surface area contributed by atoms with E-state index in [9.17, 15) is 0 Å². The maximum absolute atomic E-state index is 6.55. The zero-order valence-corrected chi connectivity index (χ0v) is 20.5. The fourth-order valence-corrected chi connectivity index (χ4v) is 4.57. The summed E-state index contributed by atoms with van der Waals surface area (Å²) in [5.74, 6) is 1.43. The van der Waals surface area contributed by atoms with Gasteiger partial charge in [-0.25, -0.2) is 4.57 Å². The van der Waals surface area contributed by atoms with Gasteiger partial charge in [0, 0.05) is 12.1 Å². The van der Waals surface area contributed by atoms with E-state index in [0.29, 0.717) is 5.92 Å². The lowest BCUT2D eigenvalue weighted by Gasteiger charge is -2.23. The van der Waals surface area contributed by atoms with E-state index in [1.807, 2.05) is 0 Å². The van der Waals surface area contributed by atoms with Crippen molar-refractivity contribution in [3.8, 4) is 0 Å². The quantitative estimate of drug-likeness (QED) is 0.449. The molecular formula is C27H40BrNO. The molecule has 1 aliphatic carbocycles. The Kier molecular flexibility index (Phi) is 11.7. The Morgan fingerprint density at radius 2 is 1.67 bits per heavy atom. The van der Waals surface area contributed by atoms with Crippen molar-refractivity contribution in [3.05, 3.63) is 66.0 Å². The molecule has 1 aromatic carbocycles. The first-order valence-electron chi connectivity index (χ1n) is 12.0. The molecule has 0 N–H and O–H groups in total. The van der Waals surface area contributed by atoms with Crippen molar-refractivity contribution in [1.29, 1.82) is 0 Å². The zero-order chi connectivity index (χ0) is 20.3. The summed E-state index contributed by atoms with van der Waals surface area (Å²) in [5.41, 5.74) is 2.83. The van der Waals surface area contributed by atoms with Gasteiger partial charge in [-0.1, -0.05) is 82.7 Å². The number of ether oxygens (including phenoxy) is 1. The Hall–Kier alpha value is -1.19. The first-order chi connectivity index (χ1) is 14.3. The molecule has 0 bridgehead atoms. The number of unbranched alkanes of at least 4 members (excludes halogenated alkanes) is 1. The Bertz CT molecular complexity index is 682. The van der Waals surface area contributed by atoms with Gasteiger partial charge in [-0.05, 0) is 42.2 Å². The first-order valence-corrected chi connectivity index (χ1v) is 12.0. The van der Waals surface area contributed by atoms with Crippen LogP contribution in [0.3, 0.4) is 0 Å². The summed E-state index contributed by atoms with van der Waals surface area (Å²) < 4.78 is 8.79. The maximum Gasteiger partial charge on any atom is 0.178 e. The third kappa shape index (κ3) is 7.81. The maximum atomic E-state index is 6.55. The third-order valence-electron chi connectivity index (χ3n) is 6.62. The highest BCUT2D eigenvalue weighted by Crippen LogP contribution is 2.33. The van der Waals surface area contributed by atoms with Gasteiger partial charge in [0.2, 0.25) is 0 Å². The molecule has 3 heteroatoms. The molecule has 3 rings (SSSR count). The normalized spacial score (nSPS) is 16.6. The van der Waals surface area contributed by atoms with Crippen molar-refractivity contribution < 1.29 is 26.3 Å². The predicted molar refractivity (Wildman–Crippen MR) is 121 cm³/mol. The van der Waals surface area contributed by atoms with Crippen LogP contribution in [0.2, 0.25) is 0 Å². The highest BCUT2D eigenvalue weighted by Gasteiger charge is 2.21. The standard InChI is InChI=1S/C27H40NO.BrH/c1-3-5-12-23(4-2)22-29-27(21-28-19-10-7-11-20-28)26-17-15-25(16-18-26)24-13-8-6-9-14-24;/h7,10-11,15-20,23-24,27H,3-6,8-9,12-14,21-22H2,1-2H3;1H/q+1;/p-1. The van der Waals surface area contributed by atoms with E-state index in [1.165, 1.54) is 68.9 Å². The van der Waals surface area contributed by atoms with Crippen LogP contribution in [0.25, 0.3) is 0 Å². The molecular weight excluding hydrogens is 434 g/mol. The molecule has 1 heterocycles. The van der Waals surface area contributed by atoms with E-state index >= 15 is 0 Å². The van der Waals surface area contributed by atoms with Crippen molar-refractivity contribution in [2.45, 2.75) is 90.2 Å². The number of rotatable bonds is 11. The van der Waals surface area contributed by atoms with Gasteiger partial charge in [0.25, 0.3) is 0 Å². The number of hydrogen-bond donors (Lipinski definition) is 0. The molecule has 0 radical (unpaired) electrons. The van der Waals surface area contributed by atoms with Gasteiger partial charge in [0.1, 0.15) is 6.10 Å². The molecule has 0 spiro atoms. The highest BCUT2D eigenvalue weighted by molar-refractivity contribution is 5.27. The topological polar surface area (TPSA) is 13.1 Å². The van der Waals surface area contributed by atoms with Crippen LogP contribution in [0.15, 0.2) is 54.9 Å². The van der Waals surface area contributed by atoms with Crippen LogP contribution in [0.4, 0.5) is 0 Å². The minimum Gasteiger partial charge on any atom is -1.00 e. The summed E-state index contributed by atoms with van der Waals surface area (Å²) in [6, 6.07) is 15.6. The monoisotopic (exact) mass is 473 g/mol. The van der Waals surface area contributed by atoms with Gasteiger partial charge in [-0.2, -0.15) is 0 Å². The van der Waals surface area contributed by atoms with Crippen molar-refractivity contribution in [1.82, 2.24) is 0 Å². The van der Waals surface area contributed by atoms with Crippen molar-refractivity contribution in [2.75, 3.05) is 6.61 Å². The number of aromatic nitrogens is 1. The fraction of sp³-hybridized carbons (Fsp3) is 0.593. The molecule has 2 unspecified atom stereocenters. The smallest absolute Gasteiger partial charge is 0.178 e. The van der Waals surface area contributed by atoms with Gasteiger partial charge < -0.3 is 21.7 Å². The molecule has 2 aromatic rings. The van der Waals surface area contributed by atoms with Gasteiger partial charge in [-0.15, -0.1) is 0 Å². The third-order valence-corrected chi connectivity index (χ3v) is 6.62. The molecule has 1 aliphatic rings. The van der Waals surface area contributed by atoms with Crippen LogP contribution in [0.1, 0.15) is 94.8 Å². The number of halogens is 1. The lowest BCUT2D eigenvalue weighted by Crippen LogP contribution is -3.00. The summed E-state index contributed by atoms with van der Waals surface area (Å²) in [6.07, 6.45) is 16.3. The summed E-state index contributed by atoms with van der Waals surface area (Å²) in [6.45, 7) is 6.30. The Balaban J connectivity index is 0.00000320. The van der Waals surface area contributed by atoms with Gasteiger partial charge >= 0.3 is 0 Å². The Labute approximate surface area is 194 Å². The van der Waals surface area contributed by atoms with E-state index in [0.717, 1.165) is 19.1 Å². The molecule has 1 fully saturated rings. The minimum atomic E-state index is 0. The second-order valence-electron chi connectivity index (χ2n) is 8.81. The van der Waals surface area contributed by atoms with E-state index in [-0.39, 0.29) is 23.1 Å². The number of nitrogens with zero attached hydrogens (tertiary/aromatic N) is 1. The first kappa shape index (κ1) is 25.1. The van der Waals surface area contributed by atoms with E-state index in [4.69, 9.17) is 4.74 Å². The van der Waals surface area contributed by atoms with Crippen molar-refractivity contribution >= 4 is 0 Å². The second-order valence-corrected chi connectivity index (χ2v) is 8.81. The van der Waals surface area contributed by atoms with Gasteiger partial charge in [-0.3, -0.25) is 0 Å². The summed E-state index contributed by atoms with van der Waals surface area (Å²) in [7, 11) is 0. The van der Waals surface area contributed by atoms with E-state index < -0.39 is 0 Å². The molecule has 1 saturated carbocycles. The molecule has 0 aliphatic heterocycles. The number of pyridine rings is 1. The SMILES string of the molecule is CCCCC(CC)COC(C[n+]1ccccc1)c1ccc(C2CCCCC2)cc1.[Br-]. The predicted octanol–water partition coefficient (Wildman–Crippen LogP) is 4.00. The molecule has 1 aromatic heterocycles. The van der Waals surface area contributed by atoms with Crippen LogP contribution in [0, 0.1) is 5.92 Å². The van der Waals surface area contributed by atoms with Crippen LogP contribution < -0.4 is 21.5 Å². The second kappa shape index (κ2) is 14.0. The van der Waals surface area contributed by atoms with Gasteiger partial charge in [0.05, 0.1) is 6.61 Å². The molecule has 30 heavy (non-hydrogen) atoms. The van der Waals surface area contributed by atoms with Gasteiger partial charge in [0.15, 0.2) is 18.9 Å². The Morgan fingerprint density at radius 3 is 2.30 bits per heavy atom. The molecule has 166 valence electrons. The van der Waals surface area contributed by atoms with Crippen LogP contribution in [0.5, 0.6) is 0 Å². The van der Waals surface area contributed by atoms with Crippen LogP contribution in [-0.2, 0) is 11.3 Å². The molecule has 2 atom stereocenters. The van der Waals surface area contributed by atoms with Crippen molar-refractivity contribution in [3.63, 3.8) is 0 Å². The van der Waals surface area contributed by atoms with E-state index in [1.54, 1.807) is 0 Å². The largest absolute Gasteiger partial charge is 1.00 e. The average molecular weight is 475 g/mol. The van der Waals surface area contributed by atoms with E-state index in [2.05, 4.69) is 73.3 Å². The summed E-state index contributed by atoms with van der Waals surface area (Å²) >= 11 is 0. The Morgan fingerprint density at radius 1 is 0.967 bits per heavy atom. The van der Waals surface area contributed by atoms with Crippen LogP contribution >= 0.6 is 0 Å². The summed E-state index contributed by atoms with van der Waals surface area (Å²) in [4.78, 5) is 0. The highest BCUT2D eigenvalue weighted by atomic mass is 79.9. The lowest BCUT2D eigenvalue weighted by atomic mass is 9.84. The minimum absolute atomic E-state index is 0. The van der Waals surface area contributed by atoms with Crippen molar-refractivity contribution in [2.24, 2.45) is 5.92 Å². The van der Waals surface area contributed by atoms with Crippen LogP contribution in [-0.4, -0.2) is 6.61 Å². The average Bonchev–Trinajstić information content (AvgIpc) is 2.80. The molecule has 0 amide bonds.